The first-order valence-corrected chi connectivity index (χ1v) is 14.6. The third-order valence-electron chi connectivity index (χ3n) is 8.16. The SMILES string of the molecule is C=CCN(CCCC)C(=O)C1N([C@@H](CO)C(C)C)C(=O)[C@@H]2[C@@H](C(=O)N(CC=C)CCC)[C@@H]3OC12CC3Br. The van der Waals surface area contributed by atoms with Crippen molar-refractivity contribution < 1.29 is 24.2 Å². The summed E-state index contributed by atoms with van der Waals surface area (Å²) in [5.41, 5.74) is -1.13. The highest BCUT2D eigenvalue weighted by molar-refractivity contribution is 9.09. The van der Waals surface area contributed by atoms with Gasteiger partial charge in [0.25, 0.3) is 0 Å². The maximum atomic E-state index is 14.3. The van der Waals surface area contributed by atoms with E-state index >= 15 is 0 Å². The molecule has 0 radical (unpaired) electrons. The van der Waals surface area contributed by atoms with Crippen LogP contribution in [0.25, 0.3) is 0 Å². The fraction of sp³-hybridized carbons (Fsp3) is 0.750. The first kappa shape index (κ1) is 29.8. The molecular weight excluding hydrogens is 538 g/mol. The van der Waals surface area contributed by atoms with Gasteiger partial charge < -0.3 is 24.5 Å². The Hall–Kier alpha value is -1.71. The van der Waals surface area contributed by atoms with E-state index in [2.05, 4.69) is 36.0 Å². The highest BCUT2D eigenvalue weighted by atomic mass is 79.9. The standard InChI is InChI=1S/C28H44BrN3O5/c1-7-11-15-31(14-10-4)27(36)24-28-16-19(29)23(37-28)21(25(34)30(12-8-2)13-9-3)22(28)26(35)32(24)20(17-33)18(5)6/h8,10,18-24,33H,2,4,7,9,11-17H2,1,3,5-6H3/t19?,20-,21+,22-,23+,24?,28?/m0/s1. The van der Waals surface area contributed by atoms with Gasteiger partial charge in [0.2, 0.25) is 17.7 Å². The van der Waals surface area contributed by atoms with Gasteiger partial charge in [-0.25, -0.2) is 0 Å². The topological polar surface area (TPSA) is 90.4 Å². The molecule has 0 aromatic rings. The lowest BCUT2D eigenvalue weighted by atomic mass is 9.70. The van der Waals surface area contributed by atoms with Crippen molar-refractivity contribution in [3.63, 3.8) is 0 Å². The van der Waals surface area contributed by atoms with E-state index < -0.39 is 35.6 Å². The smallest absolute Gasteiger partial charge is 0.248 e. The number of likely N-dealkylation sites (tertiary alicyclic amines) is 1. The zero-order chi connectivity index (χ0) is 27.5. The summed E-state index contributed by atoms with van der Waals surface area (Å²) in [5.74, 6) is -2.17. The van der Waals surface area contributed by atoms with Crippen LogP contribution in [0.1, 0.15) is 53.4 Å². The van der Waals surface area contributed by atoms with Gasteiger partial charge in [-0.15, -0.1) is 13.2 Å². The van der Waals surface area contributed by atoms with E-state index in [0.29, 0.717) is 32.6 Å². The van der Waals surface area contributed by atoms with Gasteiger partial charge >= 0.3 is 0 Å². The number of nitrogens with zero attached hydrogens (tertiary/aromatic N) is 3. The molecule has 3 fully saturated rings. The maximum absolute atomic E-state index is 14.3. The van der Waals surface area contributed by atoms with Gasteiger partial charge in [-0.2, -0.15) is 0 Å². The normalized spacial score (nSPS) is 30.9. The molecule has 0 aliphatic carbocycles. The summed E-state index contributed by atoms with van der Waals surface area (Å²) in [4.78, 5) is 47.4. The lowest BCUT2D eigenvalue weighted by molar-refractivity contribution is -0.152. The number of rotatable bonds is 14. The van der Waals surface area contributed by atoms with Crippen LogP contribution >= 0.6 is 15.9 Å². The molecule has 3 aliphatic heterocycles. The Balaban J connectivity index is 2.13. The first-order chi connectivity index (χ1) is 17.6. The number of amides is 3. The molecule has 0 aromatic heterocycles. The van der Waals surface area contributed by atoms with Gasteiger partial charge in [0, 0.05) is 31.0 Å². The van der Waals surface area contributed by atoms with E-state index in [1.54, 1.807) is 26.9 Å². The van der Waals surface area contributed by atoms with Crippen molar-refractivity contribution >= 4 is 33.7 Å². The lowest BCUT2D eigenvalue weighted by Gasteiger charge is -2.40. The number of halogens is 1. The molecule has 3 unspecified atom stereocenters. The number of ether oxygens (including phenoxy) is 1. The molecule has 1 N–H and O–H groups in total. The Morgan fingerprint density at radius 3 is 2.30 bits per heavy atom. The average Bonchev–Trinajstić information content (AvgIpc) is 3.45. The van der Waals surface area contributed by atoms with E-state index in [1.807, 2.05) is 20.8 Å². The van der Waals surface area contributed by atoms with Crippen molar-refractivity contribution in [3.05, 3.63) is 25.3 Å². The van der Waals surface area contributed by atoms with Crippen molar-refractivity contribution in [3.8, 4) is 0 Å². The minimum atomic E-state index is -1.13. The molecule has 8 nitrogen and oxygen atoms in total. The molecule has 208 valence electrons. The maximum Gasteiger partial charge on any atom is 0.248 e. The molecule has 3 rings (SSSR count). The summed E-state index contributed by atoms with van der Waals surface area (Å²) in [6, 6.07) is -1.48. The van der Waals surface area contributed by atoms with Gasteiger partial charge in [0.15, 0.2) is 0 Å². The van der Waals surface area contributed by atoms with E-state index in [9.17, 15) is 19.5 Å². The largest absolute Gasteiger partial charge is 0.394 e. The number of unbranched alkanes of at least 4 members (excludes halogenated alkanes) is 1. The molecule has 2 bridgehead atoms. The number of aliphatic hydroxyl groups is 1. The second-order valence-electron chi connectivity index (χ2n) is 10.9. The molecule has 1 spiro atoms. The highest BCUT2D eigenvalue weighted by Crippen LogP contribution is 2.61. The molecule has 7 atom stereocenters. The van der Waals surface area contributed by atoms with E-state index in [4.69, 9.17) is 4.74 Å². The zero-order valence-electron chi connectivity index (χ0n) is 22.8. The number of fused-ring (bicyclic) bond motifs is 1. The monoisotopic (exact) mass is 581 g/mol. The van der Waals surface area contributed by atoms with Crippen molar-refractivity contribution in [1.82, 2.24) is 14.7 Å². The minimum Gasteiger partial charge on any atom is -0.394 e. The lowest BCUT2D eigenvalue weighted by Crippen LogP contribution is -2.60. The minimum absolute atomic E-state index is 0.0913. The van der Waals surface area contributed by atoms with Gasteiger partial charge in [-0.05, 0) is 25.2 Å². The number of hydrogen-bond acceptors (Lipinski definition) is 5. The second kappa shape index (κ2) is 12.4. The van der Waals surface area contributed by atoms with Crippen LogP contribution in [-0.2, 0) is 19.1 Å². The van der Waals surface area contributed by atoms with Crippen molar-refractivity contribution in [2.45, 2.75) is 82.0 Å². The Morgan fingerprint density at radius 2 is 1.78 bits per heavy atom. The van der Waals surface area contributed by atoms with Crippen molar-refractivity contribution in [2.24, 2.45) is 17.8 Å². The summed E-state index contributed by atoms with van der Waals surface area (Å²) in [6.45, 7) is 17.1. The quantitative estimate of drug-likeness (QED) is 0.251. The fourth-order valence-corrected chi connectivity index (χ4v) is 7.45. The molecule has 0 saturated carbocycles. The summed E-state index contributed by atoms with van der Waals surface area (Å²) >= 11 is 3.74. The summed E-state index contributed by atoms with van der Waals surface area (Å²) < 4.78 is 6.64. The summed E-state index contributed by atoms with van der Waals surface area (Å²) in [7, 11) is 0. The fourth-order valence-electron chi connectivity index (χ4n) is 6.50. The number of carbonyl (C=O) groups excluding carboxylic acids is 3. The van der Waals surface area contributed by atoms with Gasteiger partial charge in [-0.3, -0.25) is 14.4 Å². The second-order valence-corrected chi connectivity index (χ2v) is 12.1. The Kier molecular flexibility index (Phi) is 10.0. The number of alkyl halides is 1. The van der Waals surface area contributed by atoms with Crippen LogP contribution in [0.4, 0.5) is 0 Å². The van der Waals surface area contributed by atoms with E-state index in [0.717, 1.165) is 19.3 Å². The number of aliphatic hydroxyl groups excluding tert-OH is 1. The van der Waals surface area contributed by atoms with Crippen LogP contribution in [0.5, 0.6) is 0 Å². The predicted octanol–water partition coefficient (Wildman–Crippen LogP) is 2.99. The van der Waals surface area contributed by atoms with Crippen molar-refractivity contribution in [2.75, 3.05) is 32.8 Å². The third kappa shape index (κ3) is 5.15. The molecule has 9 heteroatoms. The van der Waals surface area contributed by atoms with Crippen LogP contribution in [0.2, 0.25) is 0 Å². The average molecular weight is 583 g/mol. The first-order valence-electron chi connectivity index (χ1n) is 13.7. The molecule has 3 saturated heterocycles. The van der Waals surface area contributed by atoms with E-state index in [1.165, 1.54) is 0 Å². The Labute approximate surface area is 230 Å². The van der Waals surface area contributed by atoms with Crippen molar-refractivity contribution in [1.29, 1.82) is 0 Å². The molecule has 0 aromatic carbocycles. The number of hydrogen-bond donors (Lipinski definition) is 1. The number of carbonyl (C=O) groups is 3. The summed E-state index contributed by atoms with van der Waals surface area (Å²) in [6.07, 6.45) is 5.86. The van der Waals surface area contributed by atoms with E-state index in [-0.39, 0.29) is 35.1 Å². The van der Waals surface area contributed by atoms with Crippen LogP contribution in [0.15, 0.2) is 25.3 Å². The van der Waals surface area contributed by atoms with Crippen LogP contribution < -0.4 is 0 Å². The molecule has 3 amide bonds. The van der Waals surface area contributed by atoms with Crippen LogP contribution in [0, 0.1) is 17.8 Å². The molecule has 3 aliphatic rings. The van der Waals surface area contributed by atoms with Crippen LogP contribution in [-0.4, -0.2) is 98.9 Å². The molecule has 3 heterocycles. The Bertz CT molecular complexity index is 882. The molecule has 37 heavy (non-hydrogen) atoms. The van der Waals surface area contributed by atoms with Gasteiger partial charge in [0.1, 0.15) is 11.6 Å². The Morgan fingerprint density at radius 1 is 1.16 bits per heavy atom. The van der Waals surface area contributed by atoms with Gasteiger partial charge in [-0.1, -0.05) is 62.2 Å². The summed E-state index contributed by atoms with van der Waals surface area (Å²) in [5, 5.41) is 10.4. The van der Waals surface area contributed by atoms with Crippen LogP contribution in [0.3, 0.4) is 0 Å². The predicted molar refractivity (Wildman–Crippen MR) is 147 cm³/mol. The zero-order valence-corrected chi connectivity index (χ0v) is 24.4. The molecular formula is C28H44BrN3O5. The van der Waals surface area contributed by atoms with Gasteiger partial charge in [0.05, 0.1) is 30.6 Å². The highest BCUT2D eigenvalue weighted by Gasteiger charge is 2.77. The third-order valence-corrected chi connectivity index (χ3v) is 9.00.